The Kier molecular flexibility index (Phi) is 5.64. The number of benzene rings is 2. The number of nitrogens with one attached hydrogen (secondary N) is 1. The third-order valence-corrected chi connectivity index (χ3v) is 6.77. The van der Waals surface area contributed by atoms with E-state index in [1.165, 1.54) is 24.0 Å². The van der Waals surface area contributed by atoms with Crippen LogP contribution in [0.5, 0.6) is 5.75 Å². The van der Waals surface area contributed by atoms with E-state index in [1.807, 2.05) is 30.3 Å². The van der Waals surface area contributed by atoms with Crippen molar-refractivity contribution < 1.29 is 9.90 Å². The molecule has 0 unspecified atom stereocenters. The standard InChI is InChI=1S/C25H32N2O2/c1-25(20-6-4-3-5-7-20)15-23(25)24(29)26-16-21(27(2)17-19-8-9-19)14-18-10-12-22(28)13-11-18/h3-7,10-13,19,21,23,28H,8-9,14-17H2,1-2H3,(H,26,29)/t21-,23-,25-/m0/s1. The van der Waals surface area contributed by atoms with Crippen LogP contribution in [-0.4, -0.2) is 42.1 Å². The van der Waals surface area contributed by atoms with Gasteiger partial charge in [0.2, 0.25) is 5.91 Å². The minimum Gasteiger partial charge on any atom is -0.508 e. The molecule has 3 atom stereocenters. The van der Waals surface area contributed by atoms with Gasteiger partial charge in [-0.15, -0.1) is 0 Å². The Labute approximate surface area is 173 Å². The highest BCUT2D eigenvalue weighted by molar-refractivity contribution is 5.84. The van der Waals surface area contributed by atoms with Gasteiger partial charge in [-0.2, -0.15) is 0 Å². The minimum absolute atomic E-state index is 0.0300. The van der Waals surface area contributed by atoms with Gasteiger partial charge in [-0.05, 0) is 61.9 Å². The van der Waals surface area contributed by atoms with Crippen LogP contribution in [0, 0.1) is 11.8 Å². The average Bonchev–Trinajstić information content (AvgIpc) is 3.65. The Hall–Kier alpha value is -2.33. The van der Waals surface area contributed by atoms with Gasteiger partial charge >= 0.3 is 0 Å². The number of hydrogen-bond donors (Lipinski definition) is 2. The van der Waals surface area contributed by atoms with Crippen molar-refractivity contribution in [2.75, 3.05) is 20.1 Å². The van der Waals surface area contributed by atoms with Crippen LogP contribution in [0.1, 0.15) is 37.3 Å². The molecule has 2 aliphatic rings. The zero-order valence-electron chi connectivity index (χ0n) is 17.5. The molecule has 2 aliphatic carbocycles. The van der Waals surface area contributed by atoms with Crippen LogP contribution in [0.4, 0.5) is 0 Å². The van der Waals surface area contributed by atoms with Crippen LogP contribution in [0.3, 0.4) is 0 Å². The van der Waals surface area contributed by atoms with Crippen molar-refractivity contribution in [1.29, 1.82) is 0 Å². The largest absolute Gasteiger partial charge is 0.508 e. The maximum Gasteiger partial charge on any atom is 0.224 e. The SMILES string of the molecule is CN(CC1CC1)[C@H](CNC(=O)[C@@H]1C[C@@]1(C)c1ccccc1)Cc1ccc(O)cc1. The van der Waals surface area contributed by atoms with Crippen LogP contribution >= 0.6 is 0 Å². The summed E-state index contributed by atoms with van der Waals surface area (Å²) in [7, 11) is 2.17. The molecule has 2 N–H and O–H groups in total. The number of phenols is 1. The highest BCUT2D eigenvalue weighted by Gasteiger charge is 2.55. The molecule has 2 aromatic rings. The summed E-state index contributed by atoms with van der Waals surface area (Å²) in [6.45, 7) is 3.94. The molecule has 2 aromatic carbocycles. The molecule has 0 heterocycles. The van der Waals surface area contributed by atoms with Gasteiger partial charge in [0.25, 0.3) is 0 Å². The summed E-state index contributed by atoms with van der Waals surface area (Å²) in [5.74, 6) is 1.33. The summed E-state index contributed by atoms with van der Waals surface area (Å²) < 4.78 is 0. The average molecular weight is 393 g/mol. The predicted molar refractivity (Wildman–Crippen MR) is 116 cm³/mol. The van der Waals surface area contributed by atoms with Gasteiger partial charge in [0.1, 0.15) is 5.75 Å². The highest BCUT2D eigenvalue weighted by Crippen LogP contribution is 2.53. The van der Waals surface area contributed by atoms with Gasteiger partial charge in [0.05, 0.1) is 0 Å². The lowest BCUT2D eigenvalue weighted by atomic mass is 9.95. The number of aromatic hydroxyl groups is 1. The monoisotopic (exact) mass is 392 g/mol. The van der Waals surface area contributed by atoms with E-state index in [9.17, 15) is 9.90 Å². The molecule has 4 heteroatoms. The third kappa shape index (κ3) is 4.81. The van der Waals surface area contributed by atoms with Crippen molar-refractivity contribution >= 4 is 5.91 Å². The summed E-state index contributed by atoms with van der Waals surface area (Å²) >= 11 is 0. The van der Waals surface area contributed by atoms with Crippen LogP contribution < -0.4 is 5.32 Å². The van der Waals surface area contributed by atoms with Gasteiger partial charge in [-0.3, -0.25) is 4.79 Å². The van der Waals surface area contributed by atoms with E-state index in [1.54, 1.807) is 12.1 Å². The molecule has 154 valence electrons. The van der Waals surface area contributed by atoms with E-state index in [4.69, 9.17) is 0 Å². The molecule has 0 spiro atoms. The lowest BCUT2D eigenvalue weighted by molar-refractivity contribution is -0.122. The molecule has 4 nitrogen and oxygen atoms in total. The van der Waals surface area contributed by atoms with E-state index in [0.29, 0.717) is 12.3 Å². The Morgan fingerprint density at radius 2 is 1.86 bits per heavy atom. The Bertz CT molecular complexity index is 832. The number of likely N-dealkylation sites (N-methyl/N-ethyl adjacent to an activating group) is 1. The quantitative estimate of drug-likeness (QED) is 0.684. The summed E-state index contributed by atoms with van der Waals surface area (Å²) in [6.07, 6.45) is 4.42. The van der Waals surface area contributed by atoms with Crippen LogP contribution in [0.2, 0.25) is 0 Å². The molecule has 0 aliphatic heterocycles. The van der Waals surface area contributed by atoms with E-state index >= 15 is 0 Å². The molecule has 2 fully saturated rings. The maximum absolute atomic E-state index is 12.9. The first-order chi connectivity index (χ1) is 14.0. The number of hydrogen-bond acceptors (Lipinski definition) is 3. The zero-order chi connectivity index (χ0) is 20.4. The Morgan fingerprint density at radius 3 is 2.52 bits per heavy atom. The second-order valence-corrected chi connectivity index (χ2v) is 9.19. The fourth-order valence-electron chi connectivity index (χ4n) is 4.37. The van der Waals surface area contributed by atoms with Crippen molar-refractivity contribution in [3.05, 3.63) is 65.7 Å². The number of phenolic OH excluding ortho intramolecular Hbond substituents is 1. The first-order valence-corrected chi connectivity index (χ1v) is 10.8. The first kappa shape index (κ1) is 20.0. The lowest BCUT2D eigenvalue weighted by Crippen LogP contribution is -2.44. The van der Waals surface area contributed by atoms with Crippen molar-refractivity contribution in [1.82, 2.24) is 10.2 Å². The van der Waals surface area contributed by atoms with Gasteiger partial charge in [-0.1, -0.05) is 49.4 Å². The summed E-state index contributed by atoms with van der Waals surface area (Å²) in [5.41, 5.74) is 2.41. The first-order valence-electron chi connectivity index (χ1n) is 10.8. The molecule has 1 amide bonds. The van der Waals surface area contributed by atoms with Gasteiger partial charge in [0, 0.05) is 30.5 Å². The number of carbonyl (C=O) groups is 1. The summed E-state index contributed by atoms with van der Waals surface area (Å²) in [5, 5.41) is 12.8. The topological polar surface area (TPSA) is 52.6 Å². The fourth-order valence-corrected chi connectivity index (χ4v) is 4.37. The molecule has 29 heavy (non-hydrogen) atoms. The number of nitrogens with zero attached hydrogens (tertiary/aromatic N) is 1. The third-order valence-electron chi connectivity index (χ3n) is 6.77. The lowest BCUT2D eigenvalue weighted by Gasteiger charge is -2.29. The van der Waals surface area contributed by atoms with Gasteiger partial charge in [0.15, 0.2) is 0 Å². The van der Waals surface area contributed by atoms with E-state index < -0.39 is 0 Å². The number of amides is 1. The Morgan fingerprint density at radius 1 is 1.17 bits per heavy atom. The Balaban J connectivity index is 1.37. The van der Waals surface area contributed by atoms with Crippen LogP contribution in [-0.2, 0) is 16.6 Å². The highest BCUT2D eigenvalue weighted by atomic mass is 16.3. The van der Waals surface area contributed by atoms with Crippen molar-refractivity contribution in [2.24, 2.45) is 11.8 Å². The maximum atomic E-state index is 12.9. The molecule has 2 saturated carbocycles. The second-order valence-electron chi connectivity index (χ2n) is 9.19. The predicted octanol–water partition coefficient (Wildman–Crippen LogP) is 3.74. The van der Waals surface area contributed by atoms with Crippen LogP contribution in [0.15, 0.2) is 54.6 Å². The fraction of sp³-hybridized carbons (Fsp3) is 0.480. The minimum atomic E-state index is -0.0300. The smallest absolute Gasteiger partial charge is 0.224 e. The molecule has 0 saturated heterocycles. The molecule has 0 radical (unpaired) electrons. The molecular weight excluding hydrogens is 360 g/mol. The van der Waals surface area contributed by atoms with Gasteiger partial charge in [-0.25, -0.2) is 0 Å². The van der Waals surface area contributed by atoms with Gasteiger partial charge < -0.3 is 15.3 Å². The number of carbonyl (C=O) groups excluding carboxylic acids is 1. The molecule has 0 aromatic heterocycles. The van der Waals surface area contributed by atoms with Crippen molar-refractivity contribution in [2.45, 2.75) is 44.1 Å². The number of rotatable bonds is 9. The molecule has 4 rings (SSSR count). The van der Waals surface area contributed by atoms with Crippen molar-refractivity contribution in [3.63, 3.8) is 0 Å². The summed E-state index contributed by atoms with van der Waals surface area (Å²) in [4.78, 5) is 15.3. The van der Waals surface area contributed by atoms with E-state index in [0.717, 1.165) is 25.3 Å². The van der Waals surface area contributed by atoms with Crippen molar-refractivity contribution in [3.8, 4) is 5.75 Å². The molecular formula is C25H32N2O2. The normalized spacial score (nSPS) is 24.3. The van der Waals surface area contributed by atoms with E-state index in [-0.39, 0.29) is 23.3 Å². The summed E-state index contributed by atoms with van der Waals surface area (Å²) in [6, 6.07) is 18.1. The molecule has 0 bridgehead atoms. The second kappa shape index (κ2) is 8.19. The zero-order valence-corrected chi connectivity index (χ0v) is 17.5. The van der Waals surface area contributed by atoms with E-state index in [2.05, 4.69) is 36.3 Å². The van der Waals surface area contributed by atoms with Crippen LogP contribution in [0.25, 0.3) is 0 Å².